The van der Waals surface area contributed by atoms with E-state index in [0.717, 1.165) is 5.56 Å². The molecule has 11 nitrogen and oxygen atoms in total. The second-order valence-electron chi connectivity index (χ2n) is 6.50. The highest BCUT2D eigenvalue weighted by atomic mass is 32.2. The number of carboxylic acid groups (broad SMARTS) is 1. The zero-order valence-corrected chi connectivity index (χ0v) is 17.3. The van der Waals surface area contributed by atoms with Gasteiger partial charge in [-0.15, -0.1) is 0 Å². The van der Waals surface area contributed by atoms with E-state index in [-0.39, 0.29) is 10.9 Å². The Morgan fingerprint density at radius 3 is 2.42 bits per heavy atom. The molecule has 2 aromatic carbocycles. The van der Waals surface area contributed by atoms with Crippen LogP contribution in [0.2, 0.25) is 0 Å². The van der Waals surface area contributed by atoms with Crippen LogP contribution in [0.1, 0.15) is 12.8 Å². The number of carbonyl (C=O) groups is 1. The number of fused-ring (bicyclic) bond motifs is 1. The fraction of sp³-hybridized carbons (Fsp3) is 0.211. The van der Waals surface area contributed by atoms with Gasteiger partial charge < -0.3 is 27.3 Å². The summed E-state index contributed by atoms with van der Waals surface area (Å²) in [6.45, 7) is 0.420. The number of nitrogens with one attached hydrogen (secondary N) is 1. The molecule has 1 heterocycles. The molecule has 3 rings (SSSR count). The van der Waals surface area contributed by atoms with E-state index in [9.17, 15) is 13.2 Å². The number of nitrogens with two attached hydrogens (primary N) is 3. The first-order valence-electron chi connectivity index (χ1n) is 9.14. The zero-order valence-electron chi connectivity index (χ0n) is 16.5. The summed E-state index contributed by atoms with van der Waals surface area (Å²) < 4.78 is 31.2. The van der Waals surface area contributed by atoms with Crippen LogP contribution in [0, 0.1) is 0 Å². The molecular weight excluding hydrogens is 424 g/mol. The summed E-state index contributed by atoms with van der Waals surface area (Å²) in [5.74, 6) is -0.332. The van der Waals surface area contributed by atoms with Gasteiger partial charge in [-0.05, 0) is 31.0 Å². The van der Waals surface area contributed by atoms with E-state index < -0.39 is 22.1 Å². The maximum atomic E-state index is 11.1. The largest absolute Gasteiger partial charge is 0.480 e. The summed E-state index contributed by atoms with van der Waals surface area (Å²) >= 11 is 0. The summed E-state index contributed by atoms with van der Waals surface area (Å²) in [5, 5.41) is 8.38. The minimum absolute atomic E-state index is 0.0129. The highest BCUT2D eigenvalue weighted by Gasteiger charge is 2.12. The Morgan fingerprint density at radius 1 is 1.16 bits per heavy atom. The number of aromatic nitrogens is 2. The Kier molecular flexibility index (Phi) is 8.07. The third-order valence-corrected chi connectivity index (χ3v) is 4.93. The monoisotopic (exact) mass is 448 g/mol. The van der Waals surface area contributed by atoms with E-state index >= 15 is 0 Å². The average molecular weight is 449 g/mol. The number of H-pyrrole nitrogens is 1. The Bertz CT molecular complexity index is 1160. The number of hydrogen-bond donors (Lipinski definition) is 6. The molecule has 0 aliphatic rings. The van der Waals surface area contributed by atoms with Crippen molar-refractivity contribution in [3.63, 3.8) is 0 Å². The number of aliphatic carboxylic acids is 1. The average Bonchev–Trinajstić information content (AvgIpc) is 3.15. The van der Waals surface area contributed by atoms with E-state index in [0.29, 0.717) is 36.2 Å². The summed E-state index contributed by atoms with van der Waals surface area (Å²) in [6, 6.07) is 12.9. The van der Waals surface area contributed by atoms with Crippen LogP contribution in [0.25, 0.3) is 22.4 Å². The van der Waals surface area contributed by atoms with Crippen LogP contribution in [-0.2, 0) is 14.9 Å². The lowest BCUT2D eigenvalue weighted by molar-refractivity contribution is -0.138. The second-order valence-corrected chi connectivity index (χ2v) is 7.92. The molecule has 0 amide bonds. The van der Waals surface area contributed by atoms with Crippen LogP contribution in [0.15, 0.2) is 58.4 Å². The molecule has 0 spiro atoms. The number of guanidine groups is 1. The van der Waals surface area contributed by atoms with E-state index in [1.54, 1.807) is 6.07 Å². The van der Waals surface area contributed by atoms with Crippen LogP contribution in [-0.4, -0.2) is 52.6 Å². The molecule has 0 saturated carbocycles. The Hall–Kier alpha value is -3.48. The van der Waals surface area contributed by atoms with Gasteiger partial charge in [0.25, 0.3) is 10.1 Å². The van der Waals surface area contributed by atoms with Gasteiger partial charge in [-0.3, -0.25) is 14.3 Å². The van der Waals surface area contributed by atoms with E-state index in [1.165, 1.54) is 12.1 Å². The number of imidazole rings is 1. The van der Waals surface area contributed by atoms with Gasteiger partial charge in [0.2, 0.25) is 0 Å². The lowest BCUT2D eigenvalue weighted by Gasteiger charge is -2.03. The predicted octanol–water partition coefficient (Wildman–Crippen LogP) is 0.929. The normalized spacial score (nSPS) is 11.9. The molecule has 0 aliphatic heterocycles. The number of rotatable bonds is 7. The van der Waals surface area contributed by atoms with Gasteiger partial charge in [0.15, 0.2) is 5.96 Å². The van der Waals surface area contributed by atoms with Gasteiger partial charge in [-0.1, -0.05) is 30.3 Å². The summed E-state index contributed by atoms with van der Waals surface area (Å²) in [7, 11) is -4.20. The highest BCUT2D eigenvalue weighted by Crippen LogP contribution is 2.22. The molecule has 0 bridgehead atoms. The Balaban J connectivity index is 0.000000248. The predicted molar refractivity (Wildman–Crippen MR) is 117 cm³/mol. The highest BCUT2D eigenvalue weighted by molar-refractivity contribution is 7.85. The molecular formula is C19H24N6O5S. The Labute approximate surface area is 178 Å². The topological polar surface area (TPSA) is 211 Å². The van der Waals surface area contributed by atoms with Gasteiger partial charge in [0, 0.05) is 12.1 Å². The molecule has 166 valence electrons. The fourth-order valence-corrected chi connectivity index (χ4v) is 3.03. The van der Waals surface area contributed by atoms with Crippen molar-refractivity contribution < 1.29 is 22.9 Å². The Morgan fingerprint density at radius 2 is 1.84 bits per heavy atom. The van der Waals surface area contributed by atoms with Crippen molar-refractivity contribution in [1.29, 1.82) is 0 Å². The number of nitrogens with zero attached hydrogens (tertiary/aromatic N) is 2. The first-order chi connectivity index (χ1) is 14.6. The van der Waals surface area contributed by atoms with Crippen molar-refractivity contribution in [3.8, 4) is 11.4 Å². The number of aliphatic imine (C=N–C) groups is 1. The molecule has 0 fully saturated rings. The fourth-order valence-electron chi connectivity index (χ4n) is 2.52. The number of carboxylic acids is 1. The minimum atomic E-state index is -4.20. The lowest BCUT2D eigenvalue weighted by Crippen LogP contribution is -2.30. The van der Waals surface area contributed by atoms with Crippen LogP contribution < -0.4 is 17.2 Å². The smallest absolute Gasteiger partial charge is 0.320 e. The van der Waals surface area contributed by atoms with Crippen molar-refractivity contribution in [2.75, 3.05) is 6.54 Å². The van der Waals surface area contributed by atoms with Gasteiger partial charge in [-0.2, -0.15) is 8.42 Å². The van der Waals surface area contributed by atoms with Gasteiger partial charge >= 0.3 is 5.97 Å². The van der Waals surface area contributed by atoms with Crippen LogP contribution in [0.3, 0.4) is 0 Å². The number of hydrogen-bond acceptors (Lipinski definition) is 6. The summed E-state index contributed by atoms with van der Waals surface area (Å²) in [6.07, 6.45) is 0.956. The summed E-state index contributed by atoms with van der Waals surface area (Å²) in [4.78, 5) is 21.2. The van der Waals surface area contributed by atoms with Crippen LogP contribution in [0.4, 0.5) is 0 Å². The second kappa shape index (κ2) is 10.5. The van der Waals surface area contributed by atoms with Crippen LogP contribution in [0.5, 0.6) is 0 Å². The first-order valence-corrected chi connectivity index (χ1v) is 10.6. The SMILES string of the molecule is NC(N)=NCCC[C@H](N)C(=O)O.O=S(=O)(O)c1ccc2nc(-c3ccccc3)[nH]c2c1. The quantitative estimate of drug-likeness (QED) is 0.131. The van der Waals surface area contributed by atoms with Crippen molar-refractivity contribution in [2.45, 2.75) is 23.8 Å². The molecule has 0 radical (unpaired) electrons. The summed E-state index contributed by atoms with van der Waals surface area (Å²) in [5.41, 5.74) is 17.4. The molecule has 9 N–H and O–H groups in total. The maximum Gasteiger partial charge on any atom is 0.320 e. The van der Waals surface area contributed by atoms with Gasteiger partial charge in [0.1, 0.15) is 11.9 Å². The molecule has 0 aliphatic carbocycles. The molecule has 31 heavy (non-hydrogen) atoms. The minimum Gasteiger partial charge on any atom is -0.480 e. The first kappa shape index (κ1) is 23.8. The molecule has 12 heteroatoms. The van der Waals surface area contributed by atoms with Crippen molar-refractivity contribution in [1.82, 2.24) is 9.97 Å². The van der Waals surface area contributed by atoms with Crippen molar-refractivity contribution >= 4 is 33.1 Å². The lowest BCUT2D eigenvalue weighted by atomic mass is 10.2. The number of aromatic amines is 1. The molecule has 1 atom stereocenters. The van der Waals surface area contributed by atoms with Gasteiger partial charge in [0.05, 0.1) is 15.9 Å². The van der Waals surface area contributed by atoms with Gasteiger partial charge in [-0.25, -0.2) is 4.98 Å². The third kappa shape index (κ3) is 7.37. The molecule has 0 saturated heterocycles. The molecule has 3 aromatic rings. The zero-order chi connectivity index (χ0) is 23.0. The van der Waals surface area contributed by atoms with E-state index in [4.69, 9.17) is 26.9 Å². The third-order valence-electron chi connectivity index (χ3n) is 4.08. The molecule has 1 aromatic heterocycles. The van der Waals surface area contributed by atoms with Crippen molar-refractivity contribution in [2.24, 2.45) is 22.2 Å². The number of benzene rings is 2. The standard InChI is InChI=1S/C13H10N2O3S.C6H14N4O2/c16-19(17,18)10-6-7-11-12(8-10)15-13(14-11)9-4-2-1-3-5-9;7-4(5(11)12)2-1-3-10-6(8)9/h1-8H,(H,14,15)(H,16,17,18);4H,1-3,7H2,(H,11,12)(H4,8,9,10)/t;4-/m.0/s1. The molecule has 0 unspecified atom stereocenters. The van der Waals surface area contributed by atoms with E-state index in [2.05, 4.69) is 15.0 Å². The van der Waals surface area contributed by atoms with E-state index in [1.807, 2.05) is 30.3 Å². The van der Waals surface area contributed by atoms with Crippen molar-refractivity contribution in [3.05, 3.63) is 48.5 Å². The van der Waals surface area contributed by atoms with Crippen LogP contribution >= 0.6 is 0 Å². The maximum absolute atomic E-state index is 11.1.